The quantitative estimate of drug-likeness (QED) is 0.479. The normalized spacial score (nSPS) is 11.6. The number of nitrogens with zero attached hydrogens (tertiary/aromatic N) is 5. The molecule has 0 spiro atoms. The summed E-state index contributed by atoms with van der Waals surface area (Å²) < 4.78 is 30.0. The number of amides is 1. The molecule has 1 heterocycles. The summed E-state index contributed by atoms with van der Waals surface area (Å²) in [6.07, 6.45) is 1.83. The minimum Gasteiger partial charge on any atom is -0.326 e. The van der Waals surface area contributed by atoms with Crippen molar-refractivity contribution in [1.82, 2.24) is 24.5 Å². The molecule has 0 unspecified atom stereocenters. The van der Waals surface area contributed by atoms with Crippen LogP contribution in [0.1, 0.15) is 38.1 Å². The van der Waals surface area contributed by atoms with Crippen LogP contribution in [0.15, 0.2) is 53.4 Å². The first kappa shape index (κ1) is 23.8. The van der Waals surface area contributed by atoms with E-state index in [1.54, 1.807) is 41.1 Å². The monoisotopic (exact) mass is 476 g/mol. The van der Waals surface area contributed by atoms with E-state index in [-0.39, 0.29) is 23.9 Å². The molecule has 0 saturated heterocycles. The Bertz CT molecular complexity index is 1160. The molecule has 11 heteroatoms. The first-order valence-corrected chi connectivity index (χ1v) is 12.0. The summed E-state index contributed by atoms with van der Waals surface area (Å²) in [5.41, 5.74) is 1.18. The van der Waals surface area contributed by atoms with Gasteiger partial charge < -0.3 is 5.32 Å². The average Bonchev–Trinajstić information content (AvgIpc) is 3.20. The lowest BCUT2D eigenvalue weighted by Gasteiger charge is -2.22. The van der Waals surface area contributed by atoms with Crippen LogP contribution in [0.2, 0.25) is 5.02 Å². The second kappa shape index (κ2) is 10.7. The Kier molecular flexibility index (Phi) is 7.94. The first-order chi connectivity index (χ1) is 15.3. The van der Waals surface area contributed by atoms with E-state index in [1.807, 2.05) is 0 Å². The predicted octanol–water partition coefficient (Wildman–Crippen LogP) is 3.48. The van der Waals surface area contributed by atoms with Crippen LogP contribution < -0.4 is 5.32 Å². The van der Waals surface area contributed by atoms with Crippen molar-refractivity contribution in [3.8, 4) is 0 Å². The number of aryl methyl sites for hydroxylation is 1. The van der Waals surface area contributed by atoms with Gasteiger partial charge in [-0.05, 0) is 52.7 Å². The van der Waals surface area contributed by atoms with Gasteiger partial charge in [0.05, 0.1) is 11.4 Å². The van der Waals surface area contributed by atoms with E-state index in [9.17, 15) is 13.2 Å². The number of nitrogens with one attached hydrogen (secondary N) is 1. The van der Waals surface area contributed by atoms with Gasteiger partial charge in [0.25, 0.3) is 0 Å². The fourth-order valence-electron chi connectivity index (χ4n) is 3.08. The van der Waals surface area contributed by atoms with E-state index in [4.69, 9.17) is 11.6 Å². The third-order valence-electron chi connectivity index (χ3n) is 4.76. The summed E-state index contributed by atoms with van der Waals surface area (Å²) in [5.74, 6) is 0.212. The Hall–Kier alpha value is -2.82. The molecular weight excluding hydrogens is 452 g/mol. The number of halogens is 1. The molecule has 0 fully saturated rings. The van der Waals surface area contributed by atoms with E-state index < -0.39 is 10.0 Å². The number of hydrogen-bond acceptors (Lipinski definition) is 6. The number of tetrazole rings is 1. The van der Waals surface area contributed by atoms with Crippen LogP contribution in [-0.4, -0.2) is 38.8 Å². The number of carbonyl (C=O) groups is 1. The highest BCUT2D eigenvalue weighted by Gasteiger charge is 2.27. The molecular formula is C21H25ClN6O3S. The molecule has 9 nitrogen and oxygen atoms in total. The largest absolute Gasteiger partial charge is 0.326 e. The molecule has 0 atom stereocenters. The summed E-state index contributed by atoms with van der Waals surface area (Å²) in [4.78, 5) is 11.3. The number of carbonyl (C=O) groups excluding carboxylic acids is 1. The van der Waals surface area contributed by atoms with Crippen molar-refractivity contribution in [3.63, 3.8) is 0 Å². The Morgan fingerprint density at radius 1 is 1.12 bits per heavy atom. The molecule has 0 bridgehead atoms. The van der Waals surface area contributed by atoms with Gasteiger partial charge in [-0.15, -0.1) is 5.10 Å². The lowest BCUT2D eigenvalue weighted by molar-refractivity contribution is -0.114. The minimum absolute atomic E-state index is 0.0162. The Balaban J connectivity index is 1.95. The fraction of sp³-hybridized carbons (Fsp3) is 0.333. The van der Waals surface area contributed by atoms with Crippen LogP contribution in [-0.2, 0) is 34.5 Å². The molecule has 3 rings (SSSR count). The number of rotatable bonds is 10. The number of sulfonamides is 1. The minimum atomic E-state index is -3.92. The second-order valence-electron chi connectivity index (χ2n) is 7.24. The summed E-state index contributed by atoms with van der Waals surface area (Å²) in [6.45, 7) is 4.08. The van der Waals surface area contributed by atoms with Gasteiger partial charge in [0.2, 0.25) is 15.9 Å². The summed E-state index contributed by atoms with van der Waals surface area (Å²) >= 11 is 6.31. The molecule has 2 aromatic carbocycles. The Morgan fingerprint density at radius 2 is 1.84 bits per heavy atom. The third kappa shape index (κ3) is 5.90. The van der Waals surface area contributed by atoms with E-state index in [2.05, 4.69) is 27.8 Å². The molecule has 1 aromatic heterocycles. The van der Waals surface area contributed by atoms with Gasteiger partial charge in [0.1, 0.15) is 0 Å². The van der Waals surface area contributed by atoms with E-state index >= 15 is 0 Å². The standard InChI is InChI=1S/C21H25ClN6O3S/c1-3-4-13-28-21(24-25-26-28)15-27(14-17-7-5-6-8-20(17)22)32(30,31)19-11-9-18(10-12-19)23-16(2)29/h5-12H,3-4,13-15H2,1-2H3,(H,23,29). The smallest absolute Gasteiger partial charge is 0.243 e. The Labute approximate surface area is 192 Å². The number of anilines is 1. The number of benzene rings is 2. The SMILES string of the molecule is CCCCn1nnnc1CN(Cc1ccccc1Cl)S(=O)(=O)c1ccc(NC(C)=O)cc1. The highest BCUT2D eigenvalue weighted by molar-refractivity contribution is 7.89. The van der Waals surface area contributed by atoms with Gasteiger partial charge >= 0.3 is 0 Å². The zero-order valence-electron chi connectivity index (χ0n) is 17.9. The van der Waals surface area contributed by atoms with Crippen molar-refractivity contribution in [1.29, 1.82) is 0 Å². The van der Waals surface area contributed by atoms with Crippen molar-refractivity contribution >= 4 is 33.2 Å². The summed E-state index contributed by atoms with van der Waals surface area (Å²) in [5, 5.41) is 14.9. The first-order valence-electron chi connectivity index (χ1n) is 10.2. The maximum Gasteiger partial charge on any atom is 0.243 e. The molecule has 0 aliphatic heterocycles. The van der Waals surface area contributed by atoms with Crippen LogP contribution >= 0.6 is 11.6 Å². The van der Waals surface area contributed by atoms with E-state index in [0.29, 0.717) is 28.6 Å². The van der Waals surface area contributed by atoms with Gasteiger partial charge in [0, 0.05) is 30.7 Å². The second-order valence-corrected chi connectivity index (χ2v) is 9.59. The highest BCUT2D eigenvalue weighted by Crippen LogP contribution is 2.25. The molecule has 3 aromatic rings. The molecule has 0 aliphatic carbocycles. The number of hydrogen-bond donors (Lipinski definition) is 1. The van der Waals surface area contributed by atoms with Crippen molar-refractivity contribution in [2.24, 2.45) is 0 Å². The van der Waals surface area contributed by atoms with Crippen molar-refractivity contribution in [2.75, 3.05) is 5.32 Å². The highest BCUT2D eigenvalue weighted by atomic mass is 35.5. The van der Waals surface area contributed by atoms with Crippen LogP contribution in [0.3, 0.4) is 0 Å². The topological polar surface area (TPSA) is 110 Å². The van der Waals surface area contributed by atoms with Crippen LogP contribution in [0, 0.1) is 0 Å². The fourth-order valence-corrected chi connectivity index (χ4v) is 4.65. The third-order valence-corrected chi connectivity index (χ3v) is 6.94. The average molecular weight is 477 g/mol. The number of aromatic nitrogens is 4. The predicted molar refractivity (Wildman–Crippen MR) is 121 cm³/mol. The van der Waals surface area contributed by atoms with Crippen molar-refractivity contribution in [2.45, 2.75) is 51.2 Å². The van der Waals surface area contributed by atoms with E-state index in [1.165, 1.54) is 23.4 Å². The van der Waals surface area contributed by atoms with Crippen LogP contribution in [0.4, 0.5) is 5.69 Å². The van der Waals surface area contributed by atoms with Gasteiger partial charge in [0.15, 0.2) is 5.82 Å². The van der Waals surface area contributed by atoms with Gasteiger partial charge in [-0.25, -0.2) is 13.1 Å². The zero-order chi connectivity index (χ0) is 23.1. The summed E-state index contributed by atoms with van der Waals surface area (Å²) in [6, 6.07) is 13.1. The maximum absolute atomic E-state index is 13.6. The number of unbranched alkanes of at least 4 members (excludes halogenated alkanes) is 1. The van der Waals surface area contributed by atoms with Gasteiger partial charge in [-0.1, -0.05) is 43.1 Å². The molecule has 170 valence electrons. The van der Waals surface area contributed by atoms with Crippen molar-refractivity contribution < 1.29 is 13.2 Å². The van der Waals surface area contributed by atoms with Crippen LogP contribution in [0.25, 0.3) is 0 Å². The Morgan fingerprint density at radius 3 is 2.50 bits per heavy atom. The summed E-state index contributed by atoms with van der Waals surface area (Å²) in [7, 11) is -3.92. The van der Waals surface area contributed by atoms with Crippen LogP contribution in [0.5, 0.6) is 0 Å². The van der Waals surface area contributed by atoms with Crippen molar-refractivity contribution in [3.05, 3.63) is 64.9 Å². The molecule has 0 aliphatic rings. The molecule has 1 amide bonds. The van der Waals surface area contributed by atoms with Gasteiger partial charge in [-0.2, -0.15) is 4.31 Å². The molecule has 32 heavy (non-hydrogen) atoms. The molecule has 0 radical (unpaired) electrons. The molecule has 1 N–H and O–H groups in total. The van der Waals surface area contributed by atoms with Gasteiger partial charge in [-0.3, -0.25) is 4.79 Å². The lowest BCUT2D eigenvalue weighted by Crippen LogP contribution is -2.31. The molecule has 0 saturated carbocycles. The van der Waals surface area contributed by atoms with E-state index in [0.717, 1.165) is 12.8 Å². The maximum atomic E-state index is 13.6. The zero-order valence-corrected chi connectivity index (χ0v) is 19.5. The lowest BCUT2D eigenvalue weighted by atomic mass is 10.2.